The maximum Gasteiger partial charge on any atom is 0.241 e. The van der Waals surface area contributed by atoms with Crippen molar-refractivity contribution in [3.05, 3.63) is 84.0 Å². The Hall–Kier alpha value is -2.50. The third-order valence-electron chi connectivity index (χ3n) is 3.72. The van der Waals surface area contributed by atoms with Gasteiger partial charge in [0.2, 0.25) is 10.0 Å². The fourth-order valence-electron chi connectivity index (χ4n) is 2.17. The summed E-state index contributed by atoms with van der Waals surface area (Å²) in [5.74, 6) is -0.269. The summed E-state index contributed by atoms with van der Waals surface area (Å²) >= 11 is 0. The number of nitrogens with one attached hydrogen (secondary N) is 1. The summed E-state index contributed by atoms with van der Waals surface area (Å²) in [5.41, 5.74) is 2.05. The number of Topliss-reactive ketones (excluding diaryl/α,β-unsaturated/α-hetero) is 1. The SMILES string of the molecule is C=C(C(C)=O)[C@H](/C=C/c1ccccc1)NS(=O)(=O)c1ccc(C)cc1. The summed E-state index contributed by atoms with van der Waals surface area (Å²) in [6, 6.07) is 15.1. The molecule has 0 saturated carbocycles. The fraction of sp³-hybridized carbons (Fsp3) is 0.150. The molecule has 2 aromatic rings. The number of carbonyl (C=O) groups is 1. The highest BCUT2D eigenvalue weighted by Crippen LogP contribution is 2.14. The van der Waals surface area contributed by atoms with E-state index in [0.717, 1.165) is 11.1 Å². The van der Waals surface area contributed by atoms with Gasteiger partial charge in [0.15, 0.2) is 5.78 Å². The first-order chi connectivity index (χ1) is 11.8. The molecule has 4 nitrogen and oxygen atoms in total. The predicted molar refractivity (Wildman–Crippen MR) is 101 cm³/mol. The third kappa shape index (κ3) is 5.24. The van der Waals surface area contributed by atoms with Gasteiger partial charge in [0, 0.05) is 5.57 Å². The van der Waals surface area contributed by atoms with Gasteiger partial charge < -0.3 is 0 Å². The van der Waals surface area contributed by atoms with Crippen molar-refractivity contribution in [2.24, 2.45) is 0 Å². The first kappa shape index (κ1) is 18.8. The lowest BCUT2D eigenvalue weighted by atomic mass is 10.0. The molecule has 0 saturated heterocycles. The van der Waals surface area contributed by atoms with E-state index in [1.54, 1.807) is 24.3 Å². The van der Waals surface area contributed by atoms with Gasteiger partial charge in [-0.05, 0) is 31.5 Å². The smallest absolute Gasteiger partial charge is 0.241 e. The number of hydrogen-bond acceptors (Lipinski definition) is 3. The molecule has 0 fully saturated rings. The number of rotatable bonds is 7. The van der Waals surface area contributed by atoms with E-state index < -0.39 is 16.1 Å². The minimum absolute atomic E-state index is 0.146. The minimum atomic E-state index is -3.77. The Bertz CT molecular complexity index is 882. The van der Waals surface area contributed by atoms with E-state index in [-0.39, 0.29) is 16.3 Å². The van der Waals surface area contributed by atoms with Gasteiger partial charge in [-0.25, -0.2) is 8.42 Å². The maximum absolute atomic E-state index is 12.6. The second kappa shape index (κ2) is 8.05. The number of aryl methyl sites for hydroxylation is 1. The van der Waals surface area contributed by atoms with E-state index in [9.17, 15) is 13.2 Å². The average Bonchev–Trinajstić information content (AvgIpc) is 2.59. The van der Waals surface area contributed by atoms with E-state index >= 15 is 0 Å². The molecule has 0 bridgehead atoms. The average molecular weight is 355 g/mol. The zero-order valence-electron chi connectivity index (χ0n) is 14.3. The quantitative estimate of drug-likeness (QED) is 0.773. The van der Waals surface area contributed by atoms with Gasteiger partial charge in [0.25, 0.3) is 0 Å². The molecule has 0 aromatic heterocycles. The van der Waals surface area contributed by atoms with Crippen LogP contribution in [0.2, 0.25) is 0 Å². The van der Waals surface area contributed by atoms with E-state index in [0.29, 0.717) is 0 Å². The van der Waals surface area contributed by atoms with E-state index in [1.807, 2.05) is 37.3 Å². The second-order valence-electron chi connectivity index (χ2n) is 5.76. The van der Waals surface area contributed by atoms with Crippen LogP contribution in [0.1, 0.15) is 18.1 Å². The van der Waals surface area contributed by atoms with Crippen LogP contribution in [-0.2, 0) is 14.8 Å². The highest BCUT2D eigenvalue weighted by Gasteiger charge is 2.22. The summed E-state index contributed by atoms with van der Waals surface area (Å²) in [5, 5.41) is 0. The zero-order chi connectivity index (χ0) is 18.4. The van der Waals surface area contributed by atoms with Crippen molar-refractivity contribution in [1.82, 2.24) is 4.72 Å². The topological polar surface area (TPSA) is 63.2 Å². The minimum Gasteiger partial charge on any atom is -0.295 e. The summed E-state index contributed by atoms with van der Waals surface area (Å²) in [4.78, 5) is 11.8. The molecule has 2 aromatic carbocycles. The van der Waals surface area contributed by atoms with Gasteiger partial charge in [-0.2, -0.15) is 4.72 Å². The first-order valence-electron chi connectivity index (χ1n) is 7.81. The number of sulfonamides is 1. The molecular weight excluding hydrogens is 334 g/mol. The molecule has 25 heavy (non-hydrogen) atoms. The monoisotopic (exact) mass is 355 g/mol. The lowest BCUT2D eigenvalue weighted by Crippen LogP contribution is -2.36. The molecule has 5 heteroatoms. The van der Waals surface area contributed by atoms with Crippen LogP contribution < -0.4 is 4.72 Å². The van der Waals surface area contributed by atoms with Crippen LogP contribution >= 0.6 is 0 Å². The number of benzene rings is 2. The Labute approximate surface area is 149 Å². The normalized spacial score (nSPS) is 12.9. The van der Waals surface area contributed by atoms with E-state index in [4.69, 9.17) is 0 Å². The lowest BCUT2D eigenvalue weighted by molar-refractivity contribution is -0.113. The van der Waals surface area contributed by atoms with Gasteiger partial charge >= 0.3 is 0 Å². The lowest BCUT2D eigenvalue weighted by Gasteiger charge is -2.16. The number of hydrogen-bond donors (Lipinski definition) is 1. The van der Waals surface area contributed by atoms with Crippen molar-refractivity contribution < 1.29 is 13.2 Å². The van der Waals surface area contributed by atoms with Gasteiger partial charge in [-0.3, -0.25) is 4.79 Å². The van der Waals surface area contributed by atoms with Crippen LogP contribution in [0.25, 0.3) is 6.08 Å². The fourth-order valence-corrected chi connectivity index (χ4v) is 3.36. The first-order valence-corrected chi connectivity index (χ1v) is 9.30. The van der Waals surface area contributed by atoms with Gasteiger partial charge in [0.05, 0.1) is 10.9 Å². The van der Waals surface area contributed by atoms with Crippen molar-refractivity contribution in [2.75, 3.05) is 0 Å². The number of carbonyl (C=O) groups excluding carboxylic acids is 1. The zero-order valence-corrected chi connectivity index (χ0v) is 15.1. The summed E-state index contributed by atoms with van der Waals surface area (Å²) in [6.07, 6.45) is 3.39. The molecule has 0 aliphatic rings. The van der Waals surface area contributed by atoms with Crippen LogP contribution in [0.3, 0.4) is 0 Å². The van der Waals surface area contributed by atoms with Crippen molar-refractivity contribution in [3.63, 3.8) is 0 Å². The number of ketones is 1. The summed E-state index contributed by atoms with van der Waals surface area (Å²) in [7, 11) is -3.77. The Morgan fingerprint density at radius 1 is 1.08 bits per heavy atom. The molecule has 0 amide bonds. The van der Waals surface area contributed by atoms with E-state index in [2.05, 4.69) is 11.3 Å². The molecule has 0 heterocycles. The summed E-state index contributed by atoms with van der Waals surface area (Å²) in [6.45, 7) is 6.98. The molecular formula is C20H21NO3S. The highest BCUT2D eigenvalue weighted by molar-refractivity contribution is 7.89. The van der Waals surface area contributed by atoms with Crippen molar-refractivity contribution in [3.8, 4) is 0 Å². The second-order valence-corrected chi connectivity index (χ2v) is 7.48. The molecule has 1 atom stereocenters. The van der Waals surface area contributed by atoms with Crippen LogP contribution in [-0.4, -0.2) is 20.2 Å². The van der Waals surface area contributed by atoms with Gasteiger partial charge in [-0.1, -0.05) is 66.8 Å². The van der Waals surface area contributed by atoms with E-state index in [1.165, 1.54) is 19.1 Å². The maximum atomic E-state index is 12.6. The third-order valence-corrected chi connectivity index (χ3v) is 5.18. The Balaban J connectivity index is 2.29. The predicted octanol–water partition coefficient (Wildman–Crippen LogP) is 3.50. The van der Waals surface area contributed by atoms with Crippen LogP contribution in [0.15, 0.2) is 77.7 Å². The molecule has 0 spiro atoms. The highest BCUT2D eigenvalue weighted by atomic mass is 32.2. The van der Waals surface area contributed by atoms with Crippen LogP contribution in [0.5, 0.6) is 0 Å². The van der Waals surface area contributed by atoms with Crippen LogP contribution in [0, 0.1) is 6.92 Å². The molecule has 0 unspecified atom stereocenters. The molecule has 1 N–H and O–H groups in total. The molecule has 2 rings (SSSR count). The van der Waals surface area contributed by atoms with Gasteiger partial charge in [-0.15, -0.1) is 0 Å². The van der Waals surface area contributed by atoms with Crippen molar-refractivity contribution in [2.45, 2.75) is 24.8 Å². The Morgan fingerprint density at radius 2 is 1.68 bits per heavy atom. The molecule has 0 aliphatic heterocycles. The Morgan fingerprint density at radius 3 is 2.24 bits per heavy atom. The van der Waals surface area contributed by atoms with Gasteiger partial charge in [0.1, 0.15) is 0 Å². The molecule has 0 radical (unpaired) electrons. The Kier molecular flexibility index (Phi) is 6.07. The largest absolute Gasteiger partial charge is 0.295 e. The standard InChI is InChI=1S/C20H21NO3S/c1-15-9-12-19(13-10-15)25(23,24)21-20(16(2)17(3)22)14-11-18-7-5-4-6-8-18/h4-14,20-21H,2H2,1,3H3/b14-11+/t20-/m0/s1. The van der Waals surface area contributed by atoms with Crippen LogP contribution in [0.4, 0.5) is 0 Å². The summed E-state index contributed by atoms with van der Waals surface area (Å²) < 4.78 is 27.7. The van der Waals surface area contributed by atoms with Crippen molar-refractivity contribution >= 4 is 21.9 Å². The van der Waals surface area contributed by atoms with Crippen molar-refractivity contribution in [1.29, 1.82) is 0 Å². The molecule has 130 valence electrons. The molecule has 0 aliphatic carbocycles.